The second-order valence-corrected chi connectivity index (χ2v) is 20.4. The lowest BCUT2D eigenvalue weighted by Gasteiger charge is -2.63. The number of halogens is 2. The normalized spacial score (nSPS) is 34.0. The van der Waals surface area contributed by atoms with Crippen molar-refractivity contribution in [3.05, 3.63) is 71.8 Å². The van der Waals surface area contributed by atoms with Crippen LogP contribution in [0, 0.1) is 35.5 Å². The third kappa shape index (κ3) is 12.8. The van der Waals surface area contributed by atoms with Crippen LogP contribution in [0.15, 0.2) is 60.7 Å². The first-order chi connectivity index (χ1) is 29.9. The second-order valence-electron chi connectivity index (χ2n) is 18.8. The van der Waals surface area contributed by atoms with Crippen molar-refractivity contribution in [1.82, 2.24) is 10.2 Å². The number of alkyl halides is 2. The Bertz CT molecular complexity index is 1720. The molecular weight excluding hydrogens is 821 g/mol. The van der Waals surface area contributed by atoms with Gasteiger partial charge in [-0.05, 0) is 119 Å². The Labute approximate surface area is 385 Å². The highest BCUT2D eigenvalue weighted by Crippen LogP contribution is 2.65. The van der Waals surface area contributed by atoms with Crippen molar-refractivity contribution in [3.63, 3.8) is 0 Å². The van der Waals surface area contributed by atoms with E-state index in [0.717, 1.165) is 62.5 Å². The number of nitrogens with zero attached hydrogens (tertiary/aromatic N) is 1. The summed E-state index contributed by atoms with van der Waals surface area (Å²) in [7, 11) is 0. The zero-order valence-corrected chi connectivity index (χ0v) is 40.2. The molecule has 2 aromatic carbocycles. The molecule has 8 bridgehead atoms. The van der Waals surface area contributed by atoms with E-state index < -0.39 is 23.1 Å². The summed E-state index contributed by atoms with van der Waals surface area (Å²) in [6.07, 6.45) is 10.5. The monoisotopic (exact) mass is 901 g/mol. The molecular formula is C51H79Cl2N3O6. The molecule has 8 aliphatic carbocycles. The molecule has 0 radical (unpaired) electrons. The number of ether oxygens (including phenoxy) is 1. The summed E-state index contributed by atoms with van der Waals surface area (Å²) in [5.41, 5.74) is 7.37. The van der Waals surface area contributed by atoms with E-state index in [1.54, 1.807) is 20.8 Å². The molecule has 1 amide bonds. The SMILES string of the molecule is CCC(=O)N[C@@H](c1ccccc1)[C@H]1C2C[C@H]3C[C@](Cl)(C2)C[C@@]1(O)C3.CCC(=O)OC(=O)CC.CCN(CC)CC.N[C@@H](c1ccccc1)[C@H]1C2C[C@H]3C[C@](Cl)(C2)C[C@@]1(O)C3.[2H]CC. The molecule has 0 heterocycles. The zero-order chi connectivity index (χ0) is 46.6. The summed E-state index contributed by atoms with van der Waals surface area (Å²) in [5, 5.41) is 25.9. The van der Waals surface area contributed by atoms with E-state index in [1.165, 1.54) is 26.1 Å². The van der Waals surface area contributed by atoms with Crippen molar-refractivity contribution in [2.24, 2.45) is 41.2 Å². The Morgan fingerprint density at radius 3 is 1.50 bits per heavy atom. The maximum absolute atomic E-state index is 12.2. The number of carbonyl (C=O) groups is 3. The highest BCUT2D eigenvalue weighted by atomic mass is 35.5. The summed E-state index contributed by atoms with van der Waals surface area (Å²) in [6, 6.07) is 20.1. The van der Waals surface area contributed by atoms with Crippen molar-refractivity contribution in [2.75, 3.05) is 19.6 Å². The quantitative estimate of drug-likeness (QED) is 0.0992. The number of hydrogen-bond donors (Lipinski definition) is 4. The number of aliphatic hydroxyl groups is 2. The molecule has 0 spiro atoms. The average molecular weight is 902 g/mol. The Kier molecular flexibility index (Phi) is 18.8. The standard InChI is InChI=1S/C20H26ClNO2.C17H22ClNO.C6H15N.C6H10O3.C2H6/c1-2-16(23)22-18(14-6-4-3-5-7-14)17-15-8-13-9-19(21,11-15)12-20(17,24)10-13;18-16-7-11-6-13(9-16)14(17(20,8-11)10-16)15(19)12-4-2-1-3-5-12;1-4-7(5-2)6-3;1-3-5(7)9-6(8)4-2;1-2/h3-7,13,15,17-18,24H,2,8-12H2,1H3,(H,22,23);1-5,11,13-15,20H,6-10,19H2;4-6H2,1-3H3;3-4H2,1-2H3;1-2H3/t13-,15?,17+,18-,19-,20-;11-,13?,14+,15-,16-,17-;;;/m00.../s1/i;;;;1D. The van der Waals surface area contributed by atoms with Gasteiger partial charge in [0.15, 0.2) is 0 Å². The Hall–Kier alpha value is -2.53. The summed E-state index contributed by atoms with van der Waals surface area (Å²) in [4.78, 5) is 34.8. The largest absolute Gasteiger partial charge is 0.393 e. The Morgan fingerprint density at radius 1 is 0.726 bits per heavy atom. The molecule has 2 unspecified atom stereocenters. The summed E-state index contributed by atoms with van der Waals surface area (Å²) in [5.74, 6) is 1.35. The Morgan fingerprint density at radius 2 is 1.15 bits per heavy atom. The first kappa shape index (κ1) is 50.5. The van der Waals surface area contributed by atoms with E-state index >= 15 is 0 Å². The number of rotatable bonds is 11. The fraction of sp³-hybridized carbons (Fsp3) is 0.706. The van der Waals surface area contributed by atoms with E-state index in [-0.39, 0.29) is 52.4 Å². The predicted molar refractivity (Wildman–Crippen MR) is 252 cm³/mol. The van der Waals surface area contributed by atoms with Crippen LogP contribution in [0.1, 0.15) is 163 Å². The number of esters is 2. The molecule has 0 saturated heterocycles. The van der Waals surface area contributed by atoms with Crippen molar-refractivity contribution in [3.8, 4) is 0 Å². The number of hydrogen-bond acceptors (Lipinski definition) is 8. The van der Waals surface area contributed by atoms with Gasteiger partial charge >= 0.3 is 11.9 Å². The van der Waals surface area contributed by atoms with Gasteiger partial charge < -0.3 is 30.9 Å². The van der Waals surface area contributed by atoms with Gasteiger partial charge in [0.05, 0.1) is 17.2 Å². The van der Waals surface area contributed by atoms with Gasteiger partial charge in [-0.1, -0.05) is 116 Å². The third-order valence-electron chi connectivity index (χ3n) is 14.5. The van der Waals surface area contributed by atoms with Gasteiger partial charge in [0.2, 0.25) is 5.91 Å². The second kappa shape index (κ2) is 23.1. The van der Waals surface area contributed by atoms with Crippen LogP contribution in [0.4, 0.5) is 0 Å². The molecule has 8 saturated carbocycles. The summed E-state index contributed by atoms with van der Waals surface area (Å²) < 4.78 is 10.5. The van der Waals surface area contributed by atoms with E-state index in [9.17, 15) is 24.6 Å². The first-order valence-electron chi connectivity index (χ1n) is 24.3. The lowest BCUT2D eigenvalue weighted by molar-refractivity contribution is -0.175. The summed E-state index contributed by atoms with van der Waals surface area (Å²) in [6.45, 7) is 17.6. The lowest BCUT2D eigenvalue weighted by Crippen LogP contribution is -2.64. The molecule has 8 fully saturated rings. The van der Waals surface area contributed by atoms with Crippen LogP contribution in [0.2, 0.25) is 0 Å². The maximum Gasteiger partial charge on any atom is 0.313 e. The third-order valence-corrected chi connectivity index (χ3v) is 15.4. The molecule has 348 valence electrons. The molecule has 5 N–H and O–H groups in total. The average Bonchev–Trinajstić information content (AvgIpc) is 3.23. The van der Waals surface area contributed by atoms with Gasteiger partial charge in [-0.25, -0.2) is 0 Å². The van der Waals surface area contributed by atoms with Gasteiger partial charge in [0.1, 0.15) is 0 Å². The van der Waals surface area contributed by atoms with Gasteiger partial charge in [0, 0.05) is 48.3 Å². The zero-order valence-electron chi connectivity index (χ0n) is 39.7. The molecule has 10 rings (SSSR count). The number of benzene rings is 2. The molecule has 8 aliphatic rings. The molecule has 11 heteroatoms. The van der Waals surface area contributed by atoms with Crippen LogP contribution in [-0.4, -0.2) is 73.5 Å². The molecule has 0 aliphatic heterocycles. The molecule has 9 nitrogen and oxygen atoms in total. The number of carbonyl (C=O) groups excluding carboxylic acids is 3. The summed E-state index contributed by atoms with van der Waals surface area (Å²) >= 11 is 13.6. The van der Waals surface area contributed by atoms with Crippen molar-refractivity contribution >= 4 is 41.0 Å². The molecule has 12 atom stereocenters. The number of nitrogens with two attached hydrogens (primary N) is 1. The molecule has 2 aromatic rings. The topological polar surface area (TPSA) is 142 Å². The first-order valence-corrected chi connectivity index (χ1v) is 24.4. The highest BCUT2D eigenvalue weighted by Gasteiger charge is 2.64. The van der Waals surface area contributed by atoms with Gasteiger partial charge in [-0.2, -0.15) is 0 Å². The molecule has 62 heavy (non-hydrogen) atoms. The lowest BCUT2D eigenvalue weighted by atomic mass is 9.47. The van der Waals surface area contributed by atoms with E-state index in [4.69, 9.17) is 30.3 Å². The van der Waals surface area contributed by atoms with Crippen molar-refractivity contribution in [1.29, 1.82) is 0 Å². The van der Waals surface area contributed by atoms with Crippen LogP contribution in [-0.2, 0) is 19.1 Å². The minimum atomic E-state index is -0.757. The van der Waals surface area contributed by atoms with Crippen LogP contribution in [0.25, 0.3) is 0 Å². The number of nitrogens with one attached hydrogen (secondary N) is 1. The highest BCUT2D eigenvalue weighted by molar-refractivity contribution is 6.24. The van der Waals surface area contributed by atoms with Crippen LogP contribution in [0.3, 0.4) is 0 Å². The van der Waals surface area contributed by atoms with Gasteiger partial charge in [0.25, 0.3) is 0 Å². The van der Waals surface area contributed by atoms with E-state index in [0.29, 0.717) is 43.4 Å². The fourth-order valence-electron chi connectivity index (χ4n) is 12.5. The minimum Gasteiger partial charge on any atom is -0.393 e. The van der Waals surface area contributed by atoms with E-state index in [2.05, 4.69) is 60.0 Å². The number of amides is 1. The minimum absolute atomic E-state index is 0.0434. The van der Waals surface area contributed by atoms with Crippen molar-refractivity contribution < 1.29 is 30.7 Å². The van der Waals surface area contributed by atoms with Crippen LogP contribution < -0.4 is 11.1 Å². The van der Waals surface area contributed by atoms with Crippen LogP contribution in [0.5, 0.6) is 0 Å². The van der Waals surface area contributed by atoms with E-state index in [1.807, 2.05) is 43.3 Å². The molecule has 0 aromatic heterocycles. The Balaban J connectivity index is 0.000000200. The predicted octanol–water partition coefficient (Wildman–Crippen LogP) is 10.3. The fourth-order valence-corrected chi connectivity index (χ4v) is 13.8. The van der Waals surface area contributed by atoms with Crippen molar-refractivity contribution in [2.45, 2.75) is 172 Å². The van der Waals surface area contributed by atoms with Crippen LogP contribution >= 0.6 is 23.2 Å². The van der Waals surface area contributed by atoms with Gasteiger partial charge in [-0.3, -0.25) is 14.4 Å². The smallest absolute Gasteiger partial charge is 0.313 e. The van der Waals surface area contributed by atoms with Gasteiger partial charge in [-0.15, -0.1) is 23.2 Å². The maximum atomic E-state index is 12.2.